The molecular formula is C19H21NO8S. The van der Waals surface area contributed by atoms with E-state index in [4.69, 9.17) is 18.9 Å². The minimum atomic E-state index is -3.75. The topological polar surface area (TPSA) is 114 Å². The smallest absolute Gasteiger partial charge is 0.311 e. The normalized spacial score (nSPS) is 11.3. The maximum atomic E-state index is 12.5. The lowest BCUT2D eigenvalue weighted by Gasteiger charge is -2.12. The van der Waals surface area contributed by atoms with Gasteiger partial charge in [-0.1, -0.05) is 6.07 Å². The lowest BCUT2D eigenvalue weighted by Crippen LogP contribution is -2.02. The summed E-state index contributed by atoms with van der Waals surface area (Å²) in [5.74, 6) is 0.860. The molecule has 0 aromatic heterocycles. The summed E-state index contributed by atoms with van der Waals surface area (Å²) in [5, 5.41) is 12.1. The van der Waals surface area contributed by atoms with Gasteiger partial charge in [-0.05, 0) is 17.7 Å². The van der Waals surface area contributed by atoms with E-state index in [1.165, 1.54) is 52.7 Å². The summed E-state index contributed by atoms with van der Waals surface area (Å²) < 4.78 is 45.7. The highest BCUT2D eigenvalue weighted by Gasteiger charge is 2.18. The Morgan fingerprint density at radius 3 is 2.00 bits per heavy atom. The second-order valence-corrected chi connectivity index (χ2v) is 7.71. The minimum Gasteiger partial charge on any atom is -0.496 e. The van der Waals surface area contributed by atoms with Gasteiger partial charge >= 0.3 is 5.69 Å². The first kappa shape index (κ1) is 22.0. The molecule has 2 aromatic carbocycles. The number of methoxy groups -OCH3 is 4. The third kappa shape index (κ3) is 5.38. The van der Waals surface area contributed by atoms with Gasteiger partial charge in [0.25, 0.3) is 0 Å². The van der Waals surface area contributed by atoms with Crippen LogP contribution >= 0.6 is 0 Å². The Hall–Kier alpha value is -3.27. The molecule has 0 atom stereocenters. The summed E-state index contributed by atoms with van der Waals surface area (Å²) >= 11 is 0. The predicted octanol–water partition coefficient (Wildman–Crippen LogP) is 3.21. The molecule has 0 saturated heterocycles. The summed E-state index contributed by atoms with van der Waals surface area (Å²) in [5.41, 5.74) is 0.374. The fourth-order valence-electron chi connectivity index (χ4n) is 2.62. The number of benzene rings is 2. The highest BCUT2D eigenvalue weighted by Crippen LogP contribution is 2.35. The molecule has 0 fully saturated rings. The van der Waals surface area contributed by atoms with Crippen molar-refractivity contribution in [1.29, 1.82) is 0 Å². The van der Waals surface area contributed by atoms with Crippen molar-refractivity contribution in [3.8, 4) is 23.0 Å². The molecule has 0 unspecified atom stereocenters. The van der Waals surface area contributed by atoms with Crippen LogP contribution in [0.2, 0.25) is 0 Å². The molecule has 9 nitrogen and oxygen atoms in total. The van der Waals surface area contributed by atoms with Crippen LogP contribution in [0, 0.1) is 10.1 Å². The molecule has 156 valence electrons. The first-order valence-corrected chi connectivity index (χ1v) is 9.98. The van der Waals surface area contributed by atoms with Gasteiger partial charge in [0.1, 0.15) is 17.2 Å². The fourth-order valence-corrected chi connectivity index (χ4v) is 3.70. The van der Waals surface area contributed by atoms with Crippen LogP contribution in [0.1, 0.15) is 11.1 Å². The molecule has 0 N–H and O–H groups in total. The average molecular weight is 423 g/mol. The van der Waals surface area contributed by atoms with Gasteiger partial charge in [0.05, 0.1) is 44.7 Å². The van der Waals surface area contributed by atoms with Gasteiger partial charge in [-0.15, -0.1) is 0 Å². The molecule has 2 rings (SSSR count). The zero-order valence-corrected chi connectivity index (χ0v) is 17.2. The van der Waals surface area contributed by atoms with E-state index in [9.17, 15) is 18.5 Å². The monoisotopic (exact) mass is 423 g/mol. The third-order valence-electron chi connectivity index (χ3n) is 4.00. The van der Waals surface area contributed by atoms with E-state index < -0.39 is 20.5 Å². The highest BCUT2D eigenvalue weighted by molar-refractivity contribution is 7.93. The van der Waals surface area contributed by atoms with Crippen LogP contribution in [0.5, 0.6) is 23.0 Å². The van der Waals surface area contributed by atoms with E-state index in [0.29, 0.717) is 22.8 Å². The van der Waals surface area contributed by atoms with Crippen molar-refractivity contribution in [2.24, 2.45) is 0 Å². The van der Waals surface area contributed by atoms with Gasteiger partial charge in [0.15, 0.2) is 15.6 Å². The van der Waals surface area contributed by atoms with E-state index >= 15 is 0 Å². The van der Waals surface area contributed by atoms with Gasteiger partial charge < -0.3 is 18.9 Å². The first-order chi connectivity index (χ1) is 13.7. The zero-order chi connectivity index (χ0) is 21.6. The molecule has 0 aliphatic rings. The molecule has 29 heavy (non-hydrogen) atoms. The molecule has 0 saturated carbocycles. The van der Waals surface area contributed by atoms with Crippen LogP contribution in [-0.2, 0) is 15.6 Å². The molecule has 0 aliphatic carbocycles. The first-order valence-electron chi connectivity index (χ1n) is 8.26. The van der Waals surface area contributed by atoms with Crippen molar-refractivity contribution < 1.29 is 32.3 Å². The SMILES string of the molecule is COc1cc(OC)c(C=CS(=O)(=O)Cc2ccc(OC)c([N+](=O)[O-])c2)c(OC)c1. The second kappa shape index (κ2) is 9.28. The summed E-state index contributed by atoms with van der Waals surface area (Å²) in [6, 6.07) is 7.20. The molecule has 0 amide bonds. The summed E-state index contributed by atoms with van der Waals surface area (Å²) in [6.07, 6.45) is 1.35. The standard InChI is InChI=1S/C19H21NO8S/c1-25-14-10-18(27-3)15(19(11-14)28-4)7-8-29(23,24)12-13-5-6-17(26-2)16(9-13)20(21)22/h5-11H,12H2,1-4H3. The van der Waals surface area contributed by atoms with Crippen LogP contribution < -0.4 is 18.9 Å². The molecule has 0 radical (unpaired) electrons. The summed E-state index contributed by atoms with van der Waals surface area (Å²) in [6.45, 7) is 0. The van der Waals surface area contributed by atoms with Crippen LogP contribution in [0.25, 0.3) is 6.08 Å². The Kier molecular flexibility index (Phi) is 7.05. The molecule has 0 heterocycles. The Morgan fingerprint density at radius 2 is 1.52 bits per heavy atom. The van der Waals surface area contributed by atoms with E-state index in [1.54, 1.807) is 12.1 Å². The van der Waals surface area contributed by atoms with Crippen LogP contribution in [0.15, 0.2) is 35.7 Å². The Morgan fingerprint density at radius 1 is 0.931 bits per heavy atom. The third-order valence-corrected chi connectivity index (χ3v) is 5.29. The maximum absolute atomic E-state index is 12.5. The number of hydrogen-bond acceptors (Lipinski definition) is 8. The van der Waals surface area contributed by atoms with E-state index in [2.05, 4.69) is 0 Å². The number of sulfone groups is 1. The van der Waals surface area contributed by atoms with Crippen molar-refractivity contribution in [1.82, 2.24) is 0 Å². The van der Waals surface area contributed by atoms with Gasteiger partial charge in [-0.3, -0.25) is 10.1 Å². The molecule has 0 aliphatic heterocycles. The molecule has 2 aromatic rings. The number of nitro groups is 1. The Bertz CT molecular complexity index is 1010. The molecular weight excluding hydrogens is 402 g/mol. The number of nitrogens with zero attached hydrogens (tertiary/aromatic N) is 1. The van der Waals surface area contributed by atoms with Crippen molar-refractivity contribution in [2.45, 2.75) is 5.75 Å². The lowest BCUT2D eigenvalue weighted by molar-refractivity contribution is -0.385. The largest absolute Gasteiger partial charge is 0.496 e. The molecule has 0 spiro atoms. The fraction of sp³-hybridized carbons (Fsp3) is 0.263. The van der Waals surface area contributed by atoms with Crippen molar-refractivity contribution in [3.05, 3.63) is 57.0 Å². The van der Waals surface area contributed by atoms with Crippen LogP contribution in [0.3, 0.4) is 0 Å². The zero-order valence-electron chi connectivity index (χ0n) is 16.4. The Balaban J connectivity index is 2.36. The predicted molar refractivity (Wildman–Crippen MR) is 107 cm³/mol. The van der Waals surface area contributed by atoms with Crippen molar-refractivity contribution in [2.75, 3.05) is 28.4 Å². The van der Waals surface area contributed by atoms with Crippen LogP contribution in [0.4, 0.5) is 5.69 Å². The maximum Gasteiger partial charge on any atom is 0.311 e. The van der Waals surface area contributed by atoms with Gasteiger partial charge in [-0.25, -0.2) is 8.42 Å². The number of ether oxygens (including phenoxy) is 4. The van der Waals surface area contributed by atoms with E-state index in [1.807, 2.05) is 0 Å². The lowest BCUT2D eigenvalue weighted by atomic mass is 10.1. The van der Waals surface area contributed by atoms with Gasteiger partial charge in [0, 0.05) is 23.6 Å². The molecule has 10 heteroatoms. The average Bonchev–Trinajstić information content (AvgIpc) is 2.71. The van der Waals surface area contributed by atoms with Crippen LogP contribution in [-0.4, -0.2) is 41.8 Å². The van der Waals surface area contributed by atoms with E-state index in [0.717, 1.165) is 5.41 Å². The van der Waals surface area contributed by atoms with Crippen molar-refractivity contribution in [3.63, 3.8) is 0 Å². The highest BCUT2D eigenvalue weighted by atomic mass is 32.2. The second-order valence-electron chi connectivity index (χ2n) is 5.82. The molecule has 0 bridgehead atoms. The van der Waals surface area contributed by atoms with Gasteiger partial charge in [0.2, 0.25) is 0 Å². The Labute approximate surface area is 168 Å². The minimum absolute atomic E-state index is 0.0550. The summed E-state index contributed by atoms with van der Waals surface area (Å²) in [7, 11) is 1.93. The van der Waals surface area contributed by atoms with E-state index in [-0.39, 0.29) is 17.0 Å². The number of nitro benzene ring substituents is 1. The quantitative estimate of drug-likeness (QED) is 0.446. The van der Waals surface area contributed by atoms with Crippen molar-refractivity contribution >= 4 is 21.6 Å². The number of rotatable bonds is 9. The number of hydrogen-bond donors (Lipinski definition) is 0. The van der Waals surface area contributed by atoms with Gasteiger partial charge in [-0.2, -0.15) is 0 Å². The summed E-state index contributed by atoms with van der Waals surface area (Å²) in [4.78, 5) is 10.5.